The van der Waals surface area contributed by atoms with Gasteiger partial charge in [0.2, 0.25) is 5.91 Å². The Hall–Kier alpha value is -3.76. The summed E-state index contributed by atoms with van der Waals surface area (Å²) < 4.78 is 1.01. The van der Waals surface area contributed by atoms with Crippen molar-refractivity contribution in [1.82, 2.24) is 9.47 Å². The van der Waals surface area contributed by atoms with Crippen LogP contribution in [0.5, 0.6) is 0 Å². The number of amides is 1. The Morgan fingerprint density at radius 1 is 0.964 bits per heavy atom. The topological polar surface area (TPSA) is 132 Å². The fourth-order valence-electron chi connectivity index (χ4n) is 3.08. The molecule has 2 heterocycles. The molecule has 1 saturated heterocycles. The number of nitro groups is 2. The van der Waals surface area contributed by atoms with E-state index in [0.29, 0.717) is 31.9 Å². The summed E-state index contributed by atoms with van der Waals surface area (Å²) in [5.74, 6) is -0.343. The Balaban J connectivity index is 1.67. The maximum Gasteiger partial charge on any atom is 0.292 e. The summed E-state index contributed by atoms with van der Waals surface area (Å²) in [6.45, 7) is 1.16. The first kappa shape index (κ1) is 19.0. The molecule has 1 fully saturated rings. The van der Waals surface area contributed by atoms with Gasteiger partial charge in [-0.1, -0.05) is 12.1 Å². The van der Waals surface area contributed by atoms with Crippen LogP contribution in [-0.4, -0.2) is 51.4 Å². The van der Waals surface area contributed by atoms with Gasteiger partial charge in [-0.05, 0) is 6.07 Å². The number of hydrogen-bond donors (Lipinski definition) is 0. The molecule has 11 nitrogen and oxygen atoms in total. The van der Waals surface area contributed by atoms with Crippen molar-refractivity contribution in [3.05, 3.63) is 73.2 Å². The molecule has 0 aliphatic carbocycles. The highest BCUT2D eigenvalue weighted by molar-refractivity contribution is 5.76. The molecule has 2 aromatic rings. The molecule has 0 N–H and O–H groups in total. The Bertz CT molecular complexity index is 980. The number of carbonyl (C=O) groups excluding carboxylic acids is 1. The molecule has 1 aliphatic rings. The maximum atomic E-state index is 12.5. The van der Waals surface area contributed by atoms with E-state index in [1.807, 2.05) is 4.90 Å². The van der Waals surface area contributed by atoms with Gasteiger partial charge in [-0.2, -0.15) is 0 Å². The van der Waals surface area contributed by atoms with Crippen LogP contribution < -0.4 is 10.5 Å². The summed E-state index contributed by atoms with van der Waals surface area (Å²) in [5.41, 5.74) is -0.272. The molecular weight excluding hydrogens is 370 g/mol. The van der Waals surface area contributed by atoms with Crippen LogP contribution in [0.25, 0.3) is 0 Å². The van der Waals surface area contributed by atoms with Crippen LogP contribution in [0.2, 0.25) is 0 Å². The predicted molar refractivity (Wildman–Crippen MR) is 99.2 cm³/mol. The molecule has 146 valence electrons. The average Bonchev–Trinajstić information content (AvgIpc) is 2.69. The van der Waals surface area contributed by atoms with Crippen molar-refractivity contribution in [2.45, 2.75) is 6.54 Å². The Morgan fingerprint density at radius 3 is 2.29 bits per heavy atom. The Labute approximate surface area is 158 Å². The van der Waals surface area contributed by atoms with Crippen molar-refractivity contribution in [2.75, 3.05) is 31.1 Å². The summed E-state index contributed by atoms with van der Waals surface area (Å²) in [6, 6.07) is 8.55. The third-order valence-corrected chi connectivity index (χ3v) is 4.54. The van der Waals surface area contributed by atoms with Crippen molar-refractivity contribution >= 4 is 23.0 Å². The molecular formula is C17H17N5O6. The predicted octanol–water partition coefficient (Wildman–Crippen LogP) is 1.01. The van der Waals surface area contributed by atoms with Gasteiger partial charge in [0.1, 0.15) is 12.2 Å². The van der Waals surface area contributed by atoms with E-state index in [-0.39, 0.29) is 23.8 Å². The second kappa shape index (κ2) is 7.86. The van der Waals surface area contributed by atoms with E-state index in [9.17, 15) is 29.8 Å². The summed E-state index contributed by atoms with van der Waals surface area (Å²) in [7, 11) is 0. The van der Waals surface area contributed by atoms with Gasteiger partial charge in [0.05, 0.1) is 16.0 Å². The van der Waals surface area contributed by atoms with Crippen LogP contribution >= 0.6 is 0 Å². The molecule has 3 rings (SSSR count). The highest BCUT2D eigenvalue weighted by Crippen LogP contribution is 2.28. The van der Waals surface area contributed by atoms with E-state index >= 15 is 0 Å². The van der Waals surface area contributed by atoms with Gasteiger partial charge in [-0.25, -0.2) is 0 Å². The first-order valence-corrected chi connectivity index (χ1v) is 8.48. The number of anilines is 1. The summed E-state index contributed by atoms with van der Waals surface area (Å²) in [6.07, 6.45) is 1.05. The second-order valence-electron chi connectivity index (χ2n) is 6.22. The van der Waals surface area contributed by atoms with Gasteiger partial charge in [-0.15, -0.1) is 0 Å². The minimum atomic E-state index is -0.633. The van der Waals surface area contributed by atoms with Gasteiger partial charge in [0, 0.05) is 44.4 Å². The van der Waals surface area contributed by atoms with Gasteiger partial charge in [0.25, 0.3) is 16.9 Å². The molecule has 0 spiro atoms. The summed E-state index contributed by atoms with van der Waals surface area (Å²) >= 11 is 0. The zero-order valence-corrected chi connectivity index (χ0v) is 14.8. The fraction of sp³-hybridized carbons (Fsp3) is 0.294. The van der Waals surface area contributed by atoms with Crippen molar-refractivity contribution in [3.8, 4) is 0 Å². The van der Waals surface area contributed by atoms with E-state index < -0.39 is 15.4 Å². The molecule has 0 bridgehead atoms. The van der Waals surface area contributed by atoms with E-state index in [4.69, 9.17) is 0 Å². The number of piperazine rings is 1. The third kappa shape index (κ3) is 3.98. The molecule has 28 heavy (non-hydrogen) atoms. The number of carbonyl (C=O) groups is 1. The van der Waals surface area contributed by atoms with Crippen LogP contribution in [0.3, 0.4) is 0 Å². The number of rotatable bonds is 5. The molecule has 1 amide bonds. The van der Waals surface area contributed by atoms with Crippen molar-refractivity contribution in [1.29, 1.82) is 0 Å². The molecule has 0 radical (unpaired) electrons. The number of pyridine rings is 1. The molecule has 11 heteroatoms. The quantitative estimate of drug-likeness (QED) is 0.552. The molecule has 1 aromatic carbocycles. The van der Waals surface area contributed by atoms with Gasteiger partial charge < -0.3 is 9.80 Å². The molecule has 0 unspecified atom stereocenters. The lowest BCUT2D eigenvalue weighted by Crippen LogP contribution is -2.50. The van der Waals surface area contributed by atoms with E-state index in [1.165, 1.54) is 11.0 Å². The first-order chi connectivity index (χ1) is 13.4. The number of nitro benzene ring substituents is 1. The van der Waals surface area contributed by atoms with Gasteiger partial charge in [0.15, 0.2) is 0 Å². The van der Waals surface area contributed by atoms with Crippen LogP contribution in [-0.2, 0) is 11.3 Å². The summed E-state index contributed by atoms with van der Waals surface area (Å²) in [4.78, 5) is 48.7. The highest BCUT2D eigenvalue weighted by atomic mass is 16.6. The average molecular weight is 387 g/mol. The maximum absolute atomic E-state index is 12.5. The number of benzene rings is 1. The zero-order chi connectivity index (χ0) is 20.3. The van der Waals surface area contributed by atoms with E-state index in [0.717, 1.165) is 22.9 Å². The third-order valence-electron chi connectivity index (χ3n) is 4.54. The molecule has 1 aromatic heterocycles. The van der Waals surface area contributed by atoms with Gasteiger partial charge in [-0.3, -0.25) is 34.4 Å². The summed E-state index contributed by atoms with van der Waals surface area (Å²) in [5, 5.41) is 22.0. The van der Waals surface area contributed by atoms with Crippen molar-refractivity contribution in [3.63, 3.8) is 0 Å². The van der Waals surface area contributed by atoms with Crippen LogP contribution in [0, 0.1) is 20.2 Å². The fourth-order valence-corrected chi connectivity index (χ4v) is 3.08. The molecule has 0 saturated carbocycles. The minimum Gasteiger partial charge on any atom is -0.362 e. The molecule has 1 aliphatic heterocycles. The van der Waals surface area contributed by atoms with Crippen molar-refractivity contribution in [2.24, 2.45) is 0 Å². The van der Waals surface area contributed by atoms with Gasteiger partial charge >= 0.3 is 0 Å². The lowest BCUT2D eigenvalue weighted by atomic mass is 10.2. The smallest absolute Gasteiger partial charge is 0.292 e. The first-order valence-electron chi connectivity index (χ1n) is 8.48. The largest absolute Gasteiger partial charge is 0.362 e. The highest BCUT2D eigenvalue weighted by Gasteiger charge is 2.25. The lowest BCUT2D eigenvalue weighted by Gasteiger charge is -2.35. The Morgan fingerprint density at radius 2 is 1.64 bits per heavy atom. The Kier molecular flexibility index (Phi) is 5.34. The lowest BCUT2D eigenvalue weighted by molar-refractivity contribution is -0.385. The number of hydrogen-bond acceptors (Lipinski definition) is 7. The van der Waals surface area contributed by atoms with E-state index in [1.54, 1.807) is 18.2 Å². The number of para-hydroxylation sites is 2. The van der Waals surface area contributed by atoms with Crippen LogP contribution in [0.4, 0.5) is 17.1 Å². The monoisotopic (exact) mass is 387 g/mol. The second-order valence-corrected chi connectivity index (χ2v) is 6.22. The number of aromatic nitrogens is 1. The van der Waals surface area contributed by atoms with Crippen LogP contribution in [0.1, 0.15) is 0 Å². The van der Waals surface area contributed by atoms with Crippen molar-refractivity contribution < 1.29 is 14.6 Å². The standard InChI is InChI=1S/C17H17N5O6/c23-16-6-5-13(21(25)26)11-20(16)12-17(24)19-9-7-18(8-10-19)14-3-1-2-4-15(14)22(27)28/h1-6,11H,7-10,12H2. The normalized spacial score (nSPS) is 14.0. The molecule has 0 atom stereocenters. The zero-order valence-electron chi connectivity index (χ0n) is 14.8. The number of nitrogens with zero attached hydrogens (tertiary/aromatic N) is 5. The van der Waals surface area contributed by atoms with E-state index in [2.05, 4.69) is 0 Å². The minimum absolute atomic E-state index is 0.00502. The van der Waals surface area contributed by atoms with Crippen LogP contribution in [0.15, 0.2) is 47.4 Å². The SMILES string of the molecule is O=C(Cn1cc([N+](=O)[O-])ccc1=O)N1CCN(c2ccccc2[N+](=O)[O-])CC1.